The molecule has 5 rings (SSSR count). The van der Waals surface area contributed by atoms with Gasteiger partial charge in [-0.3, -0.25) is 14.2 Å². The van der Waals surface area contributed by atoms with E-state index in [1.54, 1.807) is 57.6 Å². The molecule has 0 aliphatic heterocycles. The van der Waals surface area contributed by atoms with Crippen LogP contribution in [0.25, 0.3) is 16.7 Å². The fourth-order valence-electron chi connectivity index (χ4n) is 3.85. The lowest BCUT2D eigenvalue weighted by Crippen LogP contribution is -2.24. The summed E-state index contributed by atoms with van der Waals surface area (Å²) in [5.41, 5.74) is 1.90. The van der Waals surface area contributed by atoms with Crippen LogP contribution < -0.4 is 10.9 Å². The van der Waals surface area contributed by atoms with Crippen molar-refractivity contribution in [1.29, 1.82) is 0 Å². The van der Waals surface area contributed by atoms with Crippen molar-refractivity contribution in [2.24, 2.45) is 0 Å². The van der Waals surface area contributed by atoms with Gasteiger partial charge in [-0.25, -0.2) is 4.98 Å². The zero-order valence-corrected chi connectivity index (χ0v) is 17.6. The summed E-state index contributed by atoms with van der Waals surface area (Å²) in [5, 5.41) is 2.48. The third-order valence-electron chi connectivity index (χ3n) is 5.50. The highest BCUT2D eigenvalue weighted by molar-refractivity contribution is 6.04. The van der Waals surface area contributed by atoms with Crippen LogP contribution >= 0.6 is 0 Å². The minimum Gasteiger partial charge on any atom is -0.322 e. The molecule has 0 aliphatic carbocycles. The highest BCUT2D eigenvalue weighted by Gasteiger charge is 2.30. The summed E-state index contributed by atoms with van der Waals surface area (Å²) in [5.74, 6) is -0.537. The van der Waals surface area contributed by atoms with Crippen molar-refractivity contribution in [3.05, 3.63) is 112 Å². The number of hydrogen-bond donors (Lipinski definition) is 1. The molecule has 0 bridgehead atoms. The van der Waals surface area contributed by atoms with E-state index in [0.29, 0.717) is 11.2 Å². The lowest BCUT2D eigenvalue weighted by Gasteiger charge is -2.12. The molecule has 0 radical (unpaired) electrons. The number of anilines is 1. The maximum Gasteiger partial charge on any atom is 0.416 e. The van der Waals surface area contributed by atoms with E-state index in [1.807, 2.05) is 12.3 Å². The highest BCUT2D eigenvalue weighted by Crippen LogP contribution is 2.30. The van der Waals surface area contributed by atoms with Gasteiger partial charge in [-0.2, -0.15) is 13.2 Å². The molecule has 3 aromatic heterocycles. The van der Waals surface area contributed by atoms with E-state index in [2.05, 4.69) is 10.3 Å². The Kier molecular flexibility index (Phi) is 5.16. The Balaban J connectivity index is 1.40. The molecule has 5 aromatic rings. The number of nitrogens with zero attached hydrogens (tertiary/aromatic N) is 3. The molecule has 0 atom stereocenters. The molecule has 0 fully saturated rings. The monoisotopic (exact) mass is 462 g/mol. The molecule has 1 N–H and O–H groups in total. The number of hydrogen-bond acceptors (Lipinski definition) is 3. The van der Waals surface area contributed by atoms with Crippen molar-refractivity contribution in [2.75, 3.05) is 5.32 Å². The Morgan fingerprint density at radius 1 is 0.941 bits per heavy atom. The van der Waals surface area contributed by atoms with E-state index in [1.165, 1.54) is 12.1 Å². The van der Waals surface area contributed by atoms with Gasteiger partial charge in [0.05, 0.1) is 17.6 Å². The SMILES string of the molecule is O=C(Nc1cccc(C(F)(F)F)c1)c1ccc(Cn2c(=O)c3cccn3c3cccnc32)cc1. The van der Waals surface area contributed by atoms with Gasteiger partial charge in [0.25, 0.3) is 11.5 Å². The van der Waals surface area contributed by atoms with Crippen LogP contribution in [0, 0.1) is 0 Å². The van der Waals surface area contributed by atoms with Gasteiger partial charge < -0.3 is 9.72 Å². The van der Waals surface area contributed by atoms with E-state index in [0.717, 1.165) is 23.2 Å². The Morgan fingerprint density at radius 3 is 2.47 bits per heavy atom. The van der Waals surface area contributed by atoms with Gasteiger partial charge >= 0.3 is 6.18 Å². The van der Waals surface area contributed by atoms with E-state index >= 15 is 0 Å². The first-order valence-corrected chi connectivity index (χ1v) is 10.3. The van der Waals surface area contributed by atoms with E-state index in [4.69, 9.17) is 0 Å². The molecule has 0 saturated heterocycles. The normalized spacial score (nSPS) is 11.7. The molecule has 0 unspecified atom stereocenters. The molecule has 0 saturated carbocycles. The van der Waals surface area contributed by atoms with Gasteiger partial charge in [0.2, 0.25) is 0 Å². The number of rotatable bonds is 4. The fraction of sp³-hybridized carbons (Fsp3) is 0.0800. The summed E-state index contributed by atoms with van der Waals surface area (Å²) >= 11 is 0. The Bertz CT molecular complexity index is 1580. The van der Waals surface area contributed by atoms with Crippen molar-refractivity contribution in [1.82, 2.24) is 14.0 Å². The Morgan fingerprint density at radius 2 is 1.71 bits per heavy atom. The van der Waals surface area contributed by atoms with Gasteiger partial charge in [-0.05, 0) is 60.2 Å². The molecule has 3 heterocycles. The average molecular weight is 462 g/mol. The summed E-state index contributed by atoms with van der Waals surface area (Å²) in [4.78, 5) is 30.0. The summed E-state index contributed by atoms with van der Waals surface area (Å²) < 4.78 is 42.1. The second-order valence-corrected chi connectivity index (χ2v) is 7.73. The van der Waals surface area contributed by atoms with Crippen molar-refractivity contribution >= 4 is 28.3 Å². The molecule has 9 heteroatoms. The molecular formula is C25H17F3N4O2. The summed E-state index contributed by atoms with van der Waals surface area (Å²) in [6.07, 6.45) is -1.07. The van der Waals surface area contributed by atoms with E-state index in [9.17, 15) is 22.8 Å². The van der Waals surface area contributed by atoms with Crippen LogP contribution in [0.1, 0.15) is 21.5 Å². The number of nitrogens with one attached hydrogen (secondary N) is 1. The molecule has 0 aliphatic rings. The number of carbonyl (C=O) groups is 1. The van der Waals surface area contributed by atoms with Crippen LogP contribution in [0.15, 0.2) is 90.0 Å². The number of halogens is 3. The highest BCUT2D eigenvalue weighted by atomic mass is 19.4. The number of alkyl halides is 3. The van der Waals surface area contributed by atoms with Gasteiger partial charge in [-0.1, -0.05) is 18.2 Å². The van der Waals surface area contributed by atoms with Crippen LogP contribution in [0.3, 0.4) is 0 Å². The van der Waals surface area contributed by atoms with Gasteiger partial charge in [0, 0.05) is 23.6 Å². The van der Waals surface area contributed by atoms with Crippen molar-refractivity contribution < 1.29 is 18.0 Å². The number of benzene rings is 2. The van der Waals surface area contributed by atoms with Gasteiger partial charge in [0.15, 0.2) is 5.65 Å². The quantitative estimate of drug-likeness (QED) is 0.410. The van der Waals surface area contributed by atoms with Crippen LogP contribution in [0.5, 0.6) is 0 Å². The van der Waals surface area contributed by atoms with Gasteiger partial charge in [0.1, 0.15) is 5.52 Å². The topological polar surface area (TPSA) is 68.4 Å². The summed E-state index contributed by atoms with van der Waals surface area (Å²) in [6.45, 7) is 0.240. The maximum absolute atomic E-state index is 13.0. The van der Waals surface area contributed by atoms with Crippen molar-refractivity contribution in [3.8, 4) is 0 Å². The molecule has 2 aromatic carbocycles. The number of fused-ring (bicyclic) bond motifs is 3. The molecule has 170 valence electrons. The largest absolute Gasteiger partial charge is 0.416 e. The second kappa shape index (κ2) is 8.18. The third kappa shape index (κ3) is 3.92. The Labute approximate surface area is 190 Å². The molecule has 34 heavy (non-hydrogen) atoms. The standard InChI is InChI=1S/C25H17F3N4O2/c26-25(27,28)18-4-1-5-19(14-18)30-23(33)17-10-8-16(9-11-17)15-32-22-20(6-2-12-29-22)31-13-3-7-21(31)24(32)34/h1-14H,15H2,(H,30,33). The molecular weight excluding hydrogens is 445 g/mol. The Hall–Kier alpha value is -4.40. The minimum absolute atomic E-state index is 0.0495. The first-order chi connectivity index (χ1) is 16.3. The van der Waals surface area contributed by atoms with Crippen molar-refractivity contribution in [2.45, 2.75) is 12.7 Å². The predicted octanol–water partition coefficient (Wildman–Crippen LogP) is 4.97. The summed E-state index contributed by atoms with van der Waals surface area (Å²) in [7, 11) is 0. The lowest BCUT2D eigenvalue weighted by molar-refractivity contribution is -0.137. The van der Waals surface area contributed by atoms with E-state index in [-0.39, 0.29) is 23.4 Å². The van der Waals surface area contributed by atoms with Crippen LogP contribution in [0.2, 0.25) is 0 Å². The summed E-state index contributed by atoms with van der Waals surface area (Å²) in [6, 6.07) is 18.2. The zero-order chi connectivity index (χ0) is 23.9. The first-order valence-electron chi connectivity index (χ1n) is 10.3. The lowest BCUT2D eigenvalue weighted by atomic mass is 10.1. The second-order valence-electron chi connectivity index (χ2n) is 7.73. The van der Waals surface area contributed by atoms with Gasteiger partial charge in [-0.15, -0.1) is 0 Å². The third-order valence-corrected chi connectivity index (χ3v) is 5.50. The molecule has 0 spiro atoms. The molecule has 6 nitrogen and oxygen atoms in total. The number of carbonyl (C=O) groups excluding carboxylic acids is 1. The smallest absolute Gasteiger partial charge is 0.322 e. The zero-order valence-electron chi connectivity index (χ0n) is 17.6. The number of pyridine rings is 1. The fourth-order valence-corrected chi connectivity index (χ4v) is 3.85. The first kappa shape index (κ1) is 21.4. The molecule has 1 amide bonds. The van der Waals surface area contributed by atoms with Crippen LogP contribution in [0.4, 0.5) is 18.9 Å². The average Bonchev–Trinajstić information content (AvgIpc) is 3.32. The van der Waals surface area contributed by atoms with Crippen molar-refractivity contribution in [3.63, 3.8) is 0 Å². The van der Waals surface area contributed by atoms with E-state index < -0.39 is 17.6 Å². The number of amides is 1. The number of aromatic nitrogens is 3. The maximum atomic E-state index is 13.0. The van der Waals surface area contributed by atoms with Crippen LogP contribution in [-0.2, 0) is 12.7 Å². The van der Waals surface area contributed by atoms with Crippen LogP contribution in [-0.4, -0.2) is 19.9 Å². The predicted molar refractivity (Wildman–Crippen MR) is 122 cm³/mol. The minimum atomic E-state index is -4.50.